The number of aryl methyl sites for hydroxylation is 1. The molecule has 1 aromatic carbocycles. The highest BCUT2D eigenvalue weighted by molar-refractivity contribution is 7.13. The summed E-state index contributed by atoms with van der Waals surface area (Å²) in [4.78, 5) is 36.9. The minimum atomic E-state index is -0.788. The monoisotopic (exact) mass is 678 g/mol. The van der Waals surface area contributed by atoms with Gasteiger partial charge in [-0.1, -0.05) is 43.3 Å². The standard InChI is InChI=1S/C36H50N6O5S/c1-22(2)32(30-18-31(40-47-30)41-15-9-25(10-16-41)19-36(46)11-13-37-14-12-36)35(45)42-20-28(43)17-29(42)34(44)39-23(3)26-5-7-27(8-6-26)33-24(4)38-21-48-33/h5-8,18,21-23,25,28-29,32,37,43,46H,9-17,19-20H2,1-4H3,(H,39,44)/t23-,28+,29-,32-/m0/s1. The molecule has 2 amide bonds. The second kappa shape index (κ2) is 14.7. The van der Waals surface area contributed by atoms with Crippen molar-refractivity contribution in [2.45, 2.75) is 95.9 Å². The highest BCUT2D eigenvalue weighted by Gasteiger charge is 2.44. The number of piperidine rings is 2. The Hall–Kier alpha value is -3.32. The number of hydrogen-bond acceptors (Lipinski definition) is 10. The van der Waals surface area contributed by atoms with Crippen LogP contribution in [0.15, 0.2) is 40.4 Å². The lowest BCUT2D eigenvalue weighted by Gasteiger charge is -2.39. The molecule has 0 spiro atoms. The Morgan fingerprint density at radius 3 is 2.50 bits per heavy atom. The van der Waals surface area contributed by atoms with E-state index in [0.717, 1.165) is 80.0 Å². The SMILES string of the molecule is Cc1ncsc1-c1ccc([C@H](C)NC(=O)[C@@H]2C[C@@H](O)CN2C(=O)[C@H](c2cc(N3CCC(CC4(O)CCNCC4)CC3)no2)C(C)C)cc1. The van der Waals surface area contributed by atoms with Gasteiger partial charge >= 0.3 is 0 Å². The van der Waals surface area contributed by atoms with E-state index in [1.807, 2.05) is 63.5 Å². The third kappa shape index (κ3) is 7.61. The van der Waals surface area contributed by atoms with Crippen LogP contribution in [0.2, 0.25) is 0 Å². The second-order valence-electron chi connectivity index (χ2n) is 14.4. The van der Waals surface area contributed by atoms with Crippen LogP contribution >= 0.6 is 11.3 Å². The fourth-order valence-corrected chi connectivity index (χ4v) is 8.50. The number of carbonyl (C=O) groups is 2. The zero-order chi connectivity index (χ0) is 34.0. The first-order valence-electron chi connectivity index (χ1n) is 17.5. The summed E-state index contributed by atoms with van der Waals surface area (Å²) in [7, 11) is 0. The summed E-state index contributed by atoms with van der Waals surface area (Å²) < 4.78 is 5.82. The molecule has 3 aliphatic heterocycles. The van der Waals surface area contributed by atoms with Gasteiger partial charge in [-0.2, -0.15) is 0 Å². The van der Waals surface area contributed by atoms with Crippen LogP contribution in [0.3, 0.4) is 0 Å². The maximum Gasteiger partial charge on any atom is 0.243 e. The average molecular weight is 679 g/mol. The van der Waals surface area contributed by atoms with E-state index in [2.05, 4.69) is 25.7 Å². The van der Waals surface area contributed by atoms with Gasteiger partial charge in [0.05, 0.1) is 33.8 Å². The van der Waals surface area contributed by atoms with Crippen molar-refractivity contribution in [1.29, 1.82) is 0 Å². The number of amides is 2. The maximum absolute atomic E-state index is 14.1. The predicted molar refractivity (Wildman–Crippen MR) is 186 cm³/mol. The molecule has 3 aromatic rings. The van der Waals surface area contributed by atoms with Gasteiger partial charge in [0, 0.05) is 32.1 Å². The van der Waals surface area contributed by atoms with Crippen LogP contribution in [0, 0.1) is 18.8 Å². The van der Waals surface area contributed by atoms with Crippen LogP contribution in [0.1, 0.15) is 88.3 Å². The fourth-order valence-electron chi connectivity index (χ4n) is 7.69. The zero-order valence-electron chi connectivity index (χ0n) is 28.5. The average Bonchev–Trinajstić information content (AvgIpc) is 3.82. The van der Waals surface area contributed by atoms with Crippen molar-refractivity contribution in [3.63, 3.8) is 0 Å². The molecule has 5 heterocycles. The van der Waals surface area contributed by atoms with Crippen molar-refractivity contribution < 1.29 is 24.3 Å². The molecular weight excluding hydrogens is 629 g/mol. The molecule has 0 bridgehead atoms. The number of β-amino-alcohol motifs (C(OH)–C–C–N with tert-alkyl or cyclic N) is 1. The third-order valence-corrected chi connectivity index (χ3v) is 11.5. The van der Waals surface area contributed by atoms with Crippen LogP contribution in [0.4, 0.5) is 5.82 Å². The van der Waals surface area contributed by atoms with Crippen molar-refractivity contribution in [2.75, 3.05) is 37.6 Å². The number of aliphatic hydroxyl groups excluding tert-OH is 1. The molecule has 6 rings (SSSR count). The number of thiazole rings is 1. The molecule has 11 nitrogen and oxygen atoms in total. The number of nitrogens with one attached hydrogen (secondary N) is 2. The van der Waals surface area contributed by atoms with Gasteiger partial charge in [0.15, 0.2) is 11.6 Å². The normalized spacial score (nSPS) is 23.0. The number of nitrogens with zero attached hydrogens (tertiary/aromatic N) is 4. The Kier molecular flexibility index (Phi) is 10.5. The predicted octanol–water partition coefficient (Wildman–Crippen LogP) is 4.41. The van der Waals surface area contributed by atoms with E-state index in [1.54, 1.807) is 11.3 Å². The minimum absolute atomic E-state index is 0.0916. The molecule has 260 valence electrons. The number of hydrogen-bond donors (Lipinski definition) is 4. The molecule has 3 saturated heterocycles. The molecule has 2 aromatic heterocycles. The van der Waals surface area contributed by atoms with Gasteiger partial charge in [-0.15, -0.1) is 11.3 Å². The lowest BCUT2D eigenvalue weighted by atomic mass is 9.80. The number of likely N-dealkylation sites (tertiary alicyclic amines) is 1. The van der Waals surface area contributed by atoms with E-state index < -0.39 is 23.7 Å². The summed E-state index contributed by atoms with van der Waals surface area (Å²) in [6, 6.07) is 8.87. The zero-order valence-corrected chi connectivity index (χ0v) is 29.3. The number of rotatable bonds is 10. The maximum atomic E-state index is 14.1. The van der Waals surface area contributed by atoms with Gasteiger partial charge in [0.2, 0.25) is 11.8 Å². The first-order valence-corrected chi connectivity index (χ1v) is 18.3. The van der Waals surface area contributed by atoms with Crippen LogP contribution in [0.5, 0.6) is 0 Å². The largest absolute Gasteiger partial charge is 0.391 e. The number of benzene rings is 1. The van der Waals surface area contributed by atoms with Gasteiger partial charge in [0.25, 0.3) is 0 Å². The quantitative estimate of drug-likeness (QED) is 0.245. The molecule has 4 atom stereocenters. The summed E-state index contributed by atoms with van der Waals surface area (Å²) in [6.07, 6.45) is 3.79. The molecule has 0 unspecified atom stereocenters. The molecule has 4 N–H and O–H groups in total. The molecule has 12 heteroatoms. The van der Waals surface area contributed by atoms with Crippen LogP contribution in [-0.4, -0.2) is 87.5 Å². The first kappa shape index (κ1) is 34.5. The van der Waals surface area contributed by atoms with Gasteiger partial charge < -0.3 is 35.2 Å². The van der Waals surface area contributed by atoms with E-state index in [1.165, 1.54) is 4.90 Å². The molecule has 48 heavy (non-hydrogen) atoms. The fraction of sp³-hybridized carbons (Fsp3) is 0.611. The first-order chi connectivity index (χ1) is 23.0. The Bertz CT molecular complexity index is 1540. The summed E-state index contributed by atoms with van der Waals surface area (Å²) in [5.74, 6) is 0.378. The van der Waals surface area contributed by atoms with E-state index in [4.69, 9.17) is 4.52 Å². The lowest BCUT2D eigenvalue weighted by molar-refractivity contribution is -0.141. The highest BCUT2D eigenvalue weighted by atomic mass is 32.1. The van der Waals surface area contributed by atoms with E-state index in [0.29, 0.717) is 17.5 Å². The smallest absolute Gasteiger partial charge is 0.243 e. The number of aromatic nitrogens is 2. The molecule has 0 aliphatic carbocycles. The number of carbonyl (C=O) groups excluding carboxylic acids is 2. The van der Waals surface area contributed by atoms with Gasteiger partial charge in [-0.3, -0.25) is 9.59 Å². The Morgan fingerprint density at radius 2 is 1.85 bits per heavy atom. The highest BCUT2D eigenvalue weighted by Crippen LogP contribution is 2.36. The van der Waals surface area contributed by atoms with Crippen molar-refractivity contribution >= 4 is 29.0 Å². The third-order valence-electron chi connectivity index (χ3n) is 10.5. The van der Waals surface area contributed by atoms with Crippen molar-refractivity contribution in [1.82, 2.24) is 25.7 Å². The van der Waals surface area contributed by atoms with Crippen molar-refractivity contribution in [3.8, 4) is 10.4 Å². The van der Waals surface area contributed by atoms with Crippen molar-refractivity contribution in [3.05, 3.63) is 52.9 Å². The van der Waals surface area contributed by atoms with Gasteiger partial charge in [-0.05, 0) is 82.0 Å². The Labute approximate surface area is 287 Å². The van der Waals surface area contributed by atoms with E-state index in [9.17, 15) is 19.8 Å². The molecular formula is C36H50N6O5S. The van der Waals surface area contributed by atoms with E-state index >= 15 is 0 Å². The summed E-state index contributed by atoms with van der Waals surface area (Å²) in [6.45, 7) is 11.3. The second-order valence-corrected chi connectivity index (χ2v) is 15.3. The van der Waals surface area contributed by atoms with Crippen LogP contribution < -0.4 is 15.5 Å². The molecule has 3 fully saturated rings. The van der Waals surface area contributed by atoms with Crippen LogP contribution in [-0.2, 0) is 9.59 Å². The molecule has 3 aliphatic rings. The number of aliphatic hydroxyl groups is 2. The number of anilines is 1. The minimum Gasteiger partial charge on any atom is -0.391 e. The summed E-state index contributed by atoms with van der Waals surface area (Å²) >= 11 is 1.60. The van der Waals surface area contributed by atoms with Crippen molar-refractivity contribution in [2.24, 2.45) is 11.8 Å². The molecule has 0 radical (unpaired) electrons. The summed E-state index contributed by atoms with van der Waals surface area (Å²) in [5.41, 5.74) is 4.30. The Morgan fingerprint density at radius 1 is 1.15 bits per heavy atom. The Balaban J connectivity index is 1.08. The van der Waals surface area contributed by atoms with E-state index in [-0.39, 0.29) is 36.7 Å². The lowest BCUT2D eigenvalue weighted by Crippen LogP contribution is -2.48. The molecule has 0 saturated carbocycles. The topological polar surface area (TPSA) is 144 Å². The van der Waals surface area contributed by atoms with Gasteiger partial charge in [-0.25, -0.2) is 4.98 Å². The summed E-state index contributed by atoms with van der Waals surface area (Å²) in [5, 5.41) is 32.4. The van der Waals surface area contributed by atoms with Crippen LogP contribution in [0.25, 0.3) is 10.4 Å². The van der Waals surface area contributed by atoms with Gasteiger partial charge in [0.1, 0.15) is 12.0 Å².